The average molecular weight is 529 g/mol. The molecule has 1 aromatic heterocycles. The van der Waals surface area contributed by atoms with Crippen LogP contribution >= 0.6 is 0 Å². The fourth-order valence-corrected chi connectivity index (χ4v) is 4.10. The molecule has 1 heterocycles. The van der Waals surface area contributed by atoms with Gasteiger partial charge in [0.25, 0.3) is 5.91 Å². The summed E-state index contributed by atoms with van der Waals surface area (Å²) in [6, 6.07) is 22.2. The van der Waals surface area contributed by atoms with Crippen LogP contribution in [0.3, 0.4) is 0 Å². The summed E-state index contributed by atoms with van der Waals surface area (Å²) in [6.45, 7) is 2.26. The molecule has 0 bridgehead atoms. The Balaban J connectivity index is 1.63. The number of imidazole rings is 1. The highest BCUT2D eigenvalue weighted by Crippen LogP contribution is 2.27. The van der Waals surface area contributed by atoms with Crippen molar-refractivity contribution in [1.82, 2.24) is 14.5 Å². The standard InChI is InChI=1S/C30H32N4O5/c1-21-8-5-6-11-26(21)29(36)33(16-17-37-2)20-28(35)32-30-31-27(22-9-7-10-25(18-22)39-4)19-34(30)23-12-14-24(38-3)15-13-23/h5-15,18-19H,16-17,20H2,1-4H3,(H,31,32,35). The molecule has 2 amide bonds. The molecule has 4 rings (SSSR count). The van der Waals surface area contributed by atoms with Gasteiger partial charge in [0.2, 0.25) is 11.9 Å². The van der Waals surface area contributed by atoms with Crippen LogP contribution in [0.5, 0.6) is 11.5 Å². The SMILES string of the molecule is COCCN(CC(=O)Nc1nc(-c2cccc(OC)c2)cn1-c1ccc(OC)cc1)C(=O)c1ccccc1C. The van der Waals surface area contributed by atoms with Gasteiger partial charge in [0.15, 0.2) is 0 Å². The Hall–Kier alpha value is -4.63. The van der Waals surface area contributed by atoms with Crippen LogP contribution in [0.4, 0.5) is 5.95 Å². The minimum absolute atomic E-state index is 0.166. The first-order chi connectivity index (χ1) is 18.9. The molecule has 0 saturated heterocycles. The number of amides is 2. The van der Waals surface area contributed by atoms with Gasteiger partial charge in [-0.3, -0.25) is 19.5 Å². The van der Waals surface area contributed by atoms with E-state index >= 15 is 0 Å². The molecule has 0 atom stereocenters. The van der Waals surface area contributed by atoms with Crippen LogP contribution in [0.15, 0.2) is 79.0 Å². The lowest BCUT2D eigenvalue weighted by atomic mass is 10.1. The van der Waals surface area contributed by atoms with Crippen molar-refractivity contribution in [3.8, 4) is 28.4 Å². The van der Waals surface area contributed by atoms with E-state index in [4.69, 9.17) is 19.2 Å². The second kappa shape index (κ2) is 12.7. The van der Waals surface area contributed by atoms with Crippen molar-refractivity contribution in [1.29, 1.82) is 0 Å². The fraction of sp³-hybridized carbons (Fsp3) is 0.233. The molecule has 0 radical (unpaired) electrons. The molecule has 0 aliphatic carbocycles. The van der Waals surface area contributed by atoms with Gasteiger partial charge >= 0.3 is 0 Å². The first-order valence-electron chi connectivity index (χ1n) is 12.5. The number of hydrogen-bond acceptors (Lipinski definition) is 6. The monoisotopic (exact) mass is 528 g/mol. The zero-order valence-electron chi connectivity index (χ0n) is 22.5. The molecule has 4 aromatic rings. The molecule has 0 unspecified atom stereocenters. The lowest BCUT2D eigenvalue weighted by Gasteiger charge is -2.22. The van der Waals surface area contributed by atoms with Crippen LogP contribution in [0.25, 0.3) is 16.9 Å². The van der Waals surface area contributed by atoms with Crippen molar-refractivity contribution in [2.45, 2.75) is 6.92 Å². The van der Waals surface area contributed by atoms with Crippen molar-refractivity contribution < 1.29 is 23.8 Å². The molecule has 9 nitrogen and oxygen atoms in total. The number of benzene rings is 3. The summed E-state index contributed by atoms with van der Waals surface area (Å²) in [5.74, 6) is 1.10. The Kier molecular flexibility index (Phi) is 8.96. The number of anilines is 1. The second-order valence-electron chi connectivity index (χ2n) is 8.83. The normalized spacial score (nSPS) is 10.7. The lowest BCUT2D eigenvalue weighted by Crippen LogP contribution is -2.40. The molecule has 0 fully saturated rings. The van der Waals surface area contributed by atoms with E-state index in [0.717, 1.165) is 16.8 Å². The van der Waals surface area contributed by atoms with Crippen LogP contribution < -0.4 is 14.8 Å². The third-order valence-corrected chi connectivity index (χ3v) is 6.24. The Bertz CT molecular complexity index is 1430. The molecule has 0 spiro atoms. The first-order valence-corrected chi connectivity index (χ1v) is 12.5. The number of rotatable bonds is 11. The molecular weight excluding hydrogens is 496 g/mol. The summed E-state index contributed by atoms with van der Waals surface area (Å²) < 4.78 is 17.6. The topological polar surface area (TPSA) is 94.9 Å². The number of hydrogen-bond donors (Lipinski definition) is 1. The average Bonchev–Trinajstić information content (AvgIpc) is 3.38. The van der Waals surface area contributed by atoms with Crippen molar-refractivity contribution in [3.05, 3.63) is 90.1 Å². The van der Waals surface area contributed by atoms with Crippen molar-refractivity contribution >= 4 is 17.8 Å². The first kappa shape index (κ1) is 27.4. The highest BCUT2D eigenvalue weighted by atomic mass is 16.5. The van der Waals surface area contributed by atoms with Crippen molar-refractivity contribution in [3.63, 3.8) is 0 Å². The van der Waals surface area contributed by atoms with Gasteiger partial charge in [-0.15, -0.1) is 0 Å². The molecule has 3 aromatic carbocycles. The van der Waals surface area contributed by atoms with Gasteiger partial charge < -0.3 is 19.1 Å². The van der Waals surface area contributed by atoms with Crippen LogP contribution in [0.1, 0.15) is 15.9 Å². The zero-order valence-corrected chi connectivity index (χ0v) is 22.5. The summed E-state index contributed by atoms with van der Waals surface area (Å²) in [5.41, 5.74) is 3.63. The van der Waals surface area contributed by atoms with Gasteiger partial charge in [-0.25, -0.2) is 4.98 Å². The number of nitrogens with one attached hydrogen (secondary N) is 1. The highest BCUT2D eigenvalue weighted by molar-refractivity contribution is 6.00. The van der Waals surface area contributed by atoms with E-state index in [1.54, 1.807) is 38.0 Å². The maximum atomic E-state index is 13.3. The van der Waals surface area contributed by atoms with Crippen LogP contribution in [-0.4, -0.2) is 67.3 Å². The van der Waals surface area contributed by atoms with Gasteiger partial charge in [-0.1, -0.05) is 30.3 Å². The van der Waals surface area contributed by atoms with E-state index in [9.17, 15) is 9.59 Å². The van der Waals surface area contributed by atoms with Crippen molar-refractivity contribution in [2.75, 3.05) is 46.3 Å². The van der Waals surface area contributed by atoms with E-state index in [0.29, 0.717) is 35.3 Å². The van der Waals surface area contributed by atoms with Gasteiger partial charge in [-0.2, -0.15) is 0 Å². The van der Waals surface area contributed by atoms with E-state index in [2.05, 4.69) is 5.32 Å². The van der Waals surface area contributed by atoms with E-state index in [1.165, 1.54) is 4.90 Å². The quantitative estimate of drug-likeness (QED) is 0.306. The minimum Gasteiger partial charge on any atom is -0.497 e. The van der Waals surface area contributed by atoms with Gasteiger partial charge in [0.05, 0.1) is 26.5 Å². The van der Waals surface area contributed by atoms with Crippen LogP contribution in [-0.2, 0) is 9.53 Å². The highest BCUT2D eigenvalue weighted by Gasteiger charge is 2.22. The van der Waals surface area contributed by atoms with E-state index < -0.39 is 0 Å². The third kappa shape index (κ3) is 6.63. The van der Waals surface area contributed by atoms with Gasteiger partial charge in [0.1, 0.15) is 18.0 Å². The maximum absolute atomic E-state index is 13.3. The van der Waals surface area contributed by atoms with E-state index in [-0.39, 0.29) is 24.9 Å². The van der Waals surface area contributed by atoms with E-state index in [1.807, 2.05) is 73.8 Å². The van der Waals surface area contributed by atoms with Crippen LogP contribution in [0.2, 0.25) is 0 Å². The molecular formula is C30H32N4O5. The summed E-state index contributed by atoms with van der Waals surface area (Å²) in [6.07, 6.45) is 1.84. The molecule has 0 aliphatic rings. The smallest absolute Gasteiger partial charge is 0.254 e. The summed E-state index contributed by atoms with van der Waals surface area (Å²) in [5, 5.41) is 2.90. The Morgan fingerprint density at radius 1 is 0.923 bits per heavy atom. The summed E-state index contributed by atoms with van der Waals surface area (Å²) in [7, 11) is 4.77. The number of carbonyl (C=O) groups is 2. The zero-order chi connectivity index (χ0) is 27.8. The number of carbonyl (C=O) groups excluding carboxylic acids is 2. The molecule has 9 heteroatoms. The van der Waals surface area contributed by atoms with Crippen molar-refractivity contribution in [2.24, 2.45) is 0 Å². The maximum Gasteiger partial charge on any atom is 0.254 e. The molecule has 1 N–H and O–H groups in total. The largest absolute Gasteiger partial charge is 0.497 e. The molecule has 0 saturated carbocycles. The fourth-order valence-electron chi connectivity index (χ4n) is 4.10. The Labute approximate surface area is 227 Å². The van der Waals surface area contributed by atoms with Crippen LogP contribution in [0, 0.1) is 6.92 Å². The number of methoxy groups -OCH3 is 3. The third-order valence-electron chi connectivity index (χ3n) is 6.24. The molecule has 39 heavy (non-hydrogen) atoms. The van der Waals surface area contributed by atoms with Gasteiger partial charge in [0, 0.05) is 36.7 Å². The lowest BCUT2D eigenvalue weighted by molar-refractivity contribution is -0.117. The summed E-state index contributed by atoms with van der Waals surface area (Å²) in [4.78, 5) is 32.8. The summed E-state index contributed by atoms with van der Waals surface area (Å²) >= 11 is 0. The van der Waals surface area contributed by atoms with Gasteiger partial charge in [-0.05, 0) is 55.0 Å². The minimum atomic E-state index is -0.384. The molecule has 0 aliphatic heterocycles. The Morgan fingerprint density at radius 2 is 1.67 bits per heavy atom. The second-order valence-corrected chi connectivity index (χ2v) is 8.83. The Morgan fingerprint density at radius 3 is 2.36 bits per heavy atom. The number of aryl methyl sites for hydroxylation is 1. The predicted molar refractivity (Wildman–Crippen MR) is 150 cm³/mol. The number of nitrogens with zero attached hydrogens (tertiary/aromatic N) is 3. The predicted octanol–water partition coefficient (Wildman–Crippen LogP) is 4.59. The number of aromatic nitrogens is 2. The number of ether oxygens (including phenoxy) is 3. The molecule has 202 valence electrons.